The normalized spacial score (nSPS) is 14.8. The lowest BCUT2D eigenvalue weighted by Gasteiger charge is -2.22. The van der Waals surface area contributed by atoms with Gasteiger partial charge in [-0.1, -0.05) is 41.2 Å². The smallest absolute Gasteiger partial charge is 0.273 e. The predicted molar refractivity (Wildman–Crippen MR) is 118 cm³/mol. The molecule has 1 aliphatic rings. The van der Waals surface area contributed by atoms with E-state index in [1.54, 1.807) is 4.68 Å². The van der Waals surface area contributed by atoms with Crippen LogP contribution in [-0.4, -0.2) is 32.1 Å². The minimum absolute atomic E-state index is 0.163. The minimum Gasteiger partial charge on any atom is -0.355 e. The summed E-state index contributed by atoms with van der Waals surface area (Å²) in [6, 6.07) is 13.3. The highest BCUT2D eigenvalue weighted by atomic mass is 35.5. The van der Waals surface area contributed by atoms with Gasteiger partial charge in [0.15, 0.2) is 11.5 Å². The molecule has 2 aromatic carbocycles. The fourth-order valence-electron chi connectivity index (χ4n) is 4.16. The molecule has 0 bridgehead atoms. The van der Waals surface area contributed by atoms with E-state index in [2.05, 4.69) is 20.8 Å². The van der Waals surface area contributed by atoms with Gasteiger partial charge in [-0.25, -0.2) is 4.68 Å². The zero-order valence-electron chi connectivity index (χ0n) is 17.1. The Bertz CT molecular complexity index is 1240. The number of amides is 1. The van der Waals surface area contributed by atoms with Gasteiger partial charge >= 0.3 is 0 Å². The third-order valence-corrected chi connectivity index (χ3v) is 6.11. The lowest BCUT2D eigenvalue weighted by molar-refractivity contribution is 0.0922. The second-order valence-electron chi connectivity index (χ2n) is 7.96. The molecule has 158 valence electrons. The van der Waals surface area contributed by atoms with Gasteiger partial charge in [-0.05, 0) is 62.2 Å². The quantitative estimate of drug-likeness (QED) is 0.482. The first kappa shape index (κ1) is 19.8. The Kier molecular flexibility index (Phi) is 5.19. The van der Waals surface area contributed by atoms with Gasteiger partial charge in [-0.3, -0.25) is 4.79 Å². The Morgan fingerprint density at radius 2 is 1.90 bits per heavy atom. The molecule has 1 amide bonds. The molecule has 1 fully saturated rings. The maximum atomic E-state index is 12.8. The molecule has 7 nitrogen and oxygen atoms in total. The summed E-state index contributed by atoms with van der Waals surface area (Å²) in [7, 11) is 0. The monoisotopic (exact) mass is 435 g/mol. The summed E-state index contributed by atoms with van der Waals surface area (Å²) in [5.41, 5.74) is 3.45. The Balaban J connectivity index is 1.46. The summed E-state index contributed by atoms with van der Waals surface area (Å²) in [6.07, 6.45) is 5.61. The van der Waals surface area contributed by atoms with E-state index in [4.69, 9.17) is 16.1 Å². The number of rotatable bonds is 4. The van der Waals surface area contributed by atoms with E-state index < -0.39 is 0 Å². The fourth-order valence-corrected chi connectivity index (χ4v) is 4.28. The highest BCUT2D eigenvalue weighted by Crippen LogP contribution is 2.31. The molecule has 4 aromatic rings. The lowest BCUT2D eigenvalue weighted by Crippen LogP contribution is -2.36. The fraction of sp³-hybridized carbons (Fsp3) is 0.304. The van der Waals surface area contributed by atoms with Crippen molar-refractivity contribution < 1.29 is 9.32 Å². The number of carbonyl (C=O) groups excluding carboxylic acids is 1. The summed E-state index contributed by atoms with van der Waals surface area (Å²) in [4.78, 5) is 12.8. The second-order valence-corrected chi connectivity index (χ2v) is 8.40. The highest BCUT2D eigenvalue weighted by molar-refractivity contribution is 6.30. The third-order valence-electron chi connectivity index (χ3n) is 5.86. The molecule has 31 heavy (non-hydrogen) atoms. The van der Waals surface area contributed by atoms with Gasteiger partial charge in [-0.2, -0.15) is 0 Å². The van der Waals surface area contributed by atoms with Gasteiger partial charge < -0.3 is 9.84 Å². The zero-order valence-corrected chi connectivity index (χ0v) is 17.9. The number of fused-ring (bicyclic) bond motifs is 1. The van der Waals surface area contributed by atoms with E-state index in [-0.39, 0.29) is 11.9 Å². The highest BCUT2D eigenvalue weighted by Gasteiger charge is 2.22. The first-order valence-corrected chi connectivity index (χ1v) is 10.9. The molecule has 0 atom stereocenters. The van der Waals surface area contributed by atoms with Crippen LogP contribution in [0.1, 0.15) is 48.3 Å². The van der Waals surface area contributed by atoms with Crippen LogP contribution < -0.4 is 5.32 Å². The molecule has 0 spiro atoms. The molecular weight excluding hydrogens is 414 g/mol. The summed E-state index contributed by atoms with van der Waals surface area (Å²) in [5.74, 6) is 0.491. The standard InChI is InChI=1S/C23H22ClN5O2/c1-14-21(23(30)25-17-5-3-2-4-6-17)26-28-29(14)18-11-12-20-19(13-18)22(31-27-20)15-7-9-16(24)10-8-15/h7-13,17H,2-6H2,1H3,(H,25,30). The molecule has 0 radical (unpaired) electrons. The average Bonchev–Trinajstić information content (AvgIpc) is 3.38. The summed E-state index contributed by atoms with van der Waals surface area (Å²) in [5, 5.41) is 17.2. The van der Waals surface area contributed by atoms with Crippen LogP contribution >= 0.6 is 11.6 Å². The van der Waals surface area contributed by atoms with Crippen LogP contribution in [0.5, 0.6) is 0 Å². The second kappa shape index (κ2) is 8.15. The average molecular weight is 436 g/mol. The number of aromatic nitrogens is 4. The largest absolute Gasteiger partial charge is 0.355 e. The van der Waals surface area contributed by atoms with Gasteiger partial charge in [0.05, 0.1) is 16.8 Å². The van der Waals surface area contributed by atoms with Gasteiger partial charge in [0, 0.05) is 16.6 Å². The molecule has 0 aliphatic heterocycles. The third kappa shape index (κ3) is 3.81. The van der Waals surface area contributed by atoms with E-state index in [0.717, 1.165) is 47.8 Å². The van der Waals surface area contributed by atoms with Crippen LogP contribution in [0.4, 0.5) is 0 Å². The topological polar surface area (TPSA) is 85.8 Å². The van der Waals surface area contributed by atoms with Crippen molar-refractivity contribution in [2.75, 3.05) is 0 Å². The van der Waals surface area contributed by atoms with Crippen molar-refractivity contribution >= 4 is 28.4 Å². The molecular formula is C23H22ClN5O2. The van der Waals surface area contributed by atoms with Gasteiger partial charge in [0.25, 0.3) is 5.91 Å². The Hall–Kier alpha value is -3.19. The molecule has 1 N–H and O–H groups in total. The van der Waals surface area contributed by atoms with Crippen molar-refractivity contribution in [1.29, 1.82) is 0 Å². The lowest BCUT2D eigenvalue weighted by atomic mass is 9.95. The van der Waals surface area contributed by atoms with Crippen molar-refractivity contribution in [2.45, 2.75) is 45.1 Å². The van der Waals surface area contributed by atoms with E-state index in [0.29, 0.717) is 22.2 Å². The van der Waals surface area contributed by atoms with E-state index in [1.807, 2.05) is 49.4 Å². The zero-order chi connectivity index (χ0) is 21.4. The summed E-state index contributed by atoms with van der Waals surface area (Å²) >= 11 is 6.01. The van der Waals surface area contributed by atoms with Crippen LogP contribution in [0.25, 0.3) is 27.9 Å². The van der Waals surface area contributed by atoms with Crippen molar-refractivity contribution in [3.8, 4) is 17.0 Å². The maximum Gasteiger partial charge on any atom is 0.273 e. The number of benzene rings is 2. The van der Waals surface area contributed by atoms with Crippen LogP contribution in [-0.2, 0) is 0 Å². The van der Waals surface area contributed by atoms with Crippen molar-refractivity contribution in [1.82, 2.24) is 25.5 Å². The molecule has 1 aliphatic carbocycles. The van der Waals surface area contributed by atoms with Crippen LogP contribution in [0.2, 0.25) is 5.02 Å². The molecule has 2 heterocycles. The number of nitrogens with zero attached hydrogens (tertiary/aromatic N) is 4. The first-order valence-electron chi connectivity index (χ1n) is 10.5. The Labute approximate surface area is 184 Å². The van der Waals surface area contributed by atoms with Crippen molar-refractivity contribution in [3.05, 3.63) is 58.9 Å². The van der Waals surface area contributed by atoms with Crippen LogP contribution in [0.3, 0.4) is 0 Å². The number of hydrogen-bond acceptors (Lipinski definition) is 5. The summed E-state index contributed by atoms with van der Waals surface area (Å²) < 4.78 is 7.26. The molecule has 0 unspecified atom stereocenters. The van der Waals surface area contributed by atoms with Gasteiger partial charge in [0.2, 0.25) is 0 Å². The molecule has 0 saturated heterocycles. The number of halogens is 1. The molecule has 2 aromatic heterocycles. The first-order chi connectivity index (χ1) is 15.1. The van der Waals surface area contributed by atoms with Crippen LogP contribution in [0.15, 0.2) is 47.0 Å². The minimum atomic E-state index is -0.163. The Morgan fingerprint density at radius 1 is 1.13 bits per heavy atom. The van der Waals surface area contributed by atoms with E-state index in [9.17, 15) is 4.79 Å². The van der Waals surface area contributed by atoms with Gasteiger partial charge in [0.1, 0.15) is 5.52 Å². The van der Waals surface area contributed by atoms with Crippen molar-refractivity contribution in [2.24, 2.45) is 0 Å². The molecule has 8 heteroatoms. The van der Waals surface area contributed by atoms with E-state index >= 15 is 0 Å². The SMILES string of the molecule is Cc1c(C(=O)NC2CCCCC2)nnn1-c1ccc2noc(-c3ccc(Cl)cc3)c2c1. The maximum absolute atomic E-state index is 12.8. The molecule has 5 rings (SSSR count). The number of hydrogen-bond donors (Lipinski definition) is 1. The van der Waals surface area contributed by atoms with Crippen molar-refractivity contribution in [3.63, 3.8) is 0 Å². The Morgan fingerprint density at radius 3 is 2.68 bits per heavy atom. The van der Waals surface area contributed by atoms with Crippen LogP contribution in [0, 0.1) is 6.92 Å². The number of nitrogens with one attached hydrogen (secondary N) is 1. The molecule has 1 saturated carbocycles. The summed E-state index contributed by atoms with van der Waals surface area (Å²) in [6.45, 7) is 1.85. The van der Waals surface area contributed by atoms with Gasteiger partial charge in [-0.15, -0.1) is 5.10 Å². The number of carbonyl (C=O) groups is 1. The predicted octanol–water partition coefficient (Wildman–Crippen LogP) is 5.10. The van der Waals surface area contributed by atoms with E-state index in [1.165, 1.54) is 6.42 Å².